The molecular weight excluding hydrogens is 276 g/mol. The molecule has 2 unspecified atom stereocenters. The van der Waals surface area contributed by atoms with Crippen molar-refractivity contribution in [1.82, 2.24) is 9.46 Å². The average Bonchev–Trinajstić information content (AvgIpc) is 3.20. The van der Waals surface area contributed by atoms with Crippen molar-refractivity contribution < 1.29 is 12.9 Å². The van der Waals surface area contributed by atoms with Crippen molar-refractivity contribution in [3.05, 3.63) is 17.5 Å². The molecule has 0 amide bonds. The van der Waals surface area contributed by atoms with Crippen LogP contribution in [0.5, 0.6) is 0 Å². The molecule has 2 heterocycles. The second-order valence-electron chi connectivity index (χ2n) is 6.59. The number of rotatable bonds is 5. The van der Waals surface area contributed by atoms with Gasteiger partial charge < -0.3 is 4.52 Å². The number of hydrogen-bond donors (Lipinski definition) is 0. The molecule has 1 aromatic heterocycles. The van der Waals surface area contributed by atoms with E-state index in [1.165, 1.54) is 25.7 Å². The molecule has 0 bridgehead atoms. The maximum atomic E-state index is 12.6. The molecule has 20 heavy (non-hydrogen) atoms. The Kier molecular flexibility index (Phi) is 2.76. The van der Waals surface area contributed by atoms with Crippen LogP contribution in [0.3, 0.4) is 0 Å². The highest BCUT2D eigenvalue weighted by Gasteiger charge is 2.56. The number of sulfonamides is 1. The first-order valence-corrected chi connectivity index (χ1v) is 9.07. The SMILES string of the molecule is Cc1cc(CS(=O)(=O)N2CC(C3CC3)C2C2CC2)on1. The van der Waals surface area contributed by atoms with Gasteiger partial charge in [-0.3, -0.25) is 0 Å². The van der Waals surface area contributed by atoms with Crippen molar-refractivity contribution in [2.45, 2.75) is 44.4 Å². The lowest BCUT2D eigenvalue weighted by Crippen LogP contribution is -2.60. The summed E-state index contributed by atoms with van der Waals surface area (Å²) in [5.41, 5.74) is 0.730. The van der Waals surface area contributed by atoms with E-state index in [0.717, 1.165) is 18.2 Å². The minimum Gasteiger partial charge on any atom is -0.360 e. The highest BCUT2D eigenvalue weighted by Crippen LogP contribution is 2.53. The summed E-state index contributed by atoms with van der Waals surface area (Å²) in [6, 6.07) is 1.98. The van der Waals surface area contributed by atoms with E-state index in [0.29, 0.717) is 17.6 Å². The Bertz CT molecular complexity index is 616. The van der Waals surface area contributed by atoms with Gasteiger partial charge in [0, 0.05) is 18.7 Å². The zero-order valence-corrected chi connectivity index (χ0v) is 12.5. The smallest absolute Gasteiger partial charge is 0.221 e. The van der Waals surface area contributed by atoms with Crippen LogP contribution in [-0.2, 0) is 15.8 Å². The van der Waals surface area contributed by atoms with Gasteiger partial charge in [-0.1, -0.05) is 5.16 Å². The maximum Gasteiger partial charge on any atom is 0.221 e. The Labute approximate surface area is 119 Å². The second-order valence-corrected chi connectivity index (χ2v) is 8.51. The third-order valence-electron chi connectivity index (χ3n) is 4.85. The fourth-order valence-corrected chi connectivity index (χ4v) is 5.29. The van der Waals surface area contributed by atoms with Gasteiger partial charge in [0.15, 0.2) is 5.76 Å². The largest absolute Gasteiger partial charge is 0.360 e. The Balaban J connectivity index is 1.50. The van der Waals surface area contributed by atoms with E-state index in [1.54, 1.807) is 17.3 Å². The van der Waals surface area contributed by atoms with Gasteiger partial charge in [-0.15, -0.1) is 0 Å². The predicted octanol–water partition coefficient (Wildman–Crippen LogP) is 1.93. The summed E-state index contributed by atoms with van der Waals surface area (Å²) in [6.45, 7) is 2.53. The Morgan fingerprint density at radius 1 is 1.30 bits per heavy atom. The summed E-state index contributed by atoms with van der Waals surface area (Å²) in [4.78, 5) is 0. The summed E-state index contributed by atoms with van der Waals surface area (Å²) in [5.74, 6) is 2.43. The van der Waals surface area contributed by atoms with E-state index >= 15 is 0 Å². The molecule has 110 valence electrons. The fraction of sp³-hybridized carbons (Fsp3) is 0.786. The molecule has 5 nitrogen and oxygen atoms in total. The molecule has 6 heteroatoms. The van der Waals surface area contributed by atoms with E-state index in [1.807, 2.05) is 0 Å². The summed E-state index contributed by atoms with van der Waals surface area (Å²) >= 11 is 0. The standard InChI is InChI=1S/C14H20N2O3S/c1-9-6-12(19-15-9)8-20(17,18)16-7-13(10-2-3-10)14(16)11-4-5-11/h6,10-11,13-14H,2-5,7-8H2,1H3. The first-order chi connectivity index (χ1) is 9.54. The molecule has 0 radical (unpaired) electrons. The van der Waals surface area contributed by atoms with Crippen molar-refractivity contribution in [3.8, 4) is 0 Å². The number of aromatic nitrogens is 1. The van der Waals surface area contributed by atoms with Crippen LogP contribution in [0.2, 0.25) is 0 Å². The number of aryl methyl sites for hydroxylation is 1. The maximum absolute atomic E-state index is 12.6. The predicted molar refractivity (Wildman–Crippen MR) is 73.3 cm³/mol. The van der Waals surface area contributed by atoms with Gasteiger partial charge in [-0.05, 0) is 50.4 Å². The fourth-order valence-electron chi connectivity index (χ4n) is 3.53. The zero-order chi connectivity index (χ0) is 13.9. The monoisotopic (exact) mass is 296 g/mol. The molecule has 1 aliphatic heterocycles. The van der Waals surface area contributed by atoms with Crippen LogP contribution in [0.1, 0.15) is 37.1 Å². The molecule has 2 atom stereocenters. The minimum absolute atomic E-state index is 0.0472. The van der Waals surface area contributed by atoms with Crippen LogP contribution < -0.4 is 0 Å². The van der Waals surface area contributed by atoms with Crippen molar-refractivity contribution in [2.24, 2.45) is 17.8 Å². The molecule has 0 N–H and O–H groups in total. The molecule has 2 aliphatic carbocycles. The molecule has 3 aliphatic rings. The topological polar surface area (TPSA) is 63.4 Å². The molecule has 1 saturated heterocycles. The molecule has 3 fully saturated rings. The van der Waals surface area contributed by atoms with Crippen molar-refractivity contribution in [1.29, 1.82) is 0 Å². The van der Waals surface area contributed by atoms with E-state index < -0.39 is 10.0 Å². The van der Waals surface area contributed by atoms with E-state index in [9.17, 15) is 8.42 Å². The summed E-state index contributed by atoms with van der Waals surface area (Å²) < 4.78 is 31.9. The number of nitrogens with zero attached hydrogens (tertiary/aromatic N) is 2. The van der Waals surface area contributed by atoms with E-state index in [-0.39, 0.29) is 11.8 Å². The van der Waals surface area contributed by atoms with Gasteiger partial charge in [-0.25, -0.2) is 8.42 Å². The summed E-state index contributed by atoms with van der Waals surface area (Å²) in [7, 11) is -3.26. The third kappa shape index (κ3) is 2.19. The van der Waals surface area contributed by atoms with Gasteiger partial charge in [0.2, 0.25) is 10.0 Å². The van der Waals surface area contributed by atoms with Crippen LogP contribution in [-0.4, -0.2) is 30.5 Å². The quantitative estimate of drug-likeness (QED) is 0.833. The van der Waals surface area contributed by atoms with Crippen LogP contribution >= 0.6 is 0 Å². The summed E-state index contributed by atoms with van der Waals surface area (Å²) in [6.07, 6.45) is 4.98. The molecule has 1 aromatic rings. The van der Waals surface area contributed by atoms with Gasteiger partial charge >= 0.3 is 0 Å². The lowest BCUT2D eigenvalue weighted by Gasteiger charge is -2.47. The van der Waals surface area contributed by atoms with Crippen LogP contribution in [0.25, 0.3) is 0 Å². The second kappa shape index (κ2) is 4.31. The van der Waals surface area contributed by atoms with Crippen LogP contribution in [0.4, 0.5) is 0 Å². The van der Waals surface area contributed by atoms with E-state index in [2.05, 4.69) is 5.16 Å². The molecule has 2 saturated carbocycles. The highest BCUT2D eigenvalue weighted by molar-refractivity contribution is 7.88. The first-order valence-electron chi connectivity index (χ1n) is 7.46. The van der Waals surface area contributed by atoms with Gasteiger partial charge in [-0.2, -0.15) is 4.31 Å². The average molecular weight is 296 g/mol. The first kappa shape index (κ1) is 12.8. The normalized spacial score (nSPS) is 31.2. The highest BCUT2D eigenvalue weighted by atomic mass is 32.2. The van der Waals surface area contributed by atoms with Crippen molar-refractivity contribution in [3.63, 3.8) is 0 Å². The Morgan fingerprint density at radius 3 is 2.55 bits per heavy atom. The van der Waals surface area contributed by atoms with Crippen molar-refractivity contribution >= 4 is 10.0 Å². The zero-order valence-electron chi connectivity index (χ0n) is 11.7. The van der Waals surface area contributed by atoms with Crippen LogP contribution in [0.15, 0.2) is 10.6 Å². The molecule has 4 rings (SSSR count). The number of hydrogen-bond acceptors (Lipinski definition) is 4. The van der Waals surface area contributed by atoms with E-state index in [4.69, 9.17) is 4.52 Å². The van der Waals surface area contributed by atoms with Gasteiger partial charge in [0.25, 0.3) is 0 Å². The lowest BCUT2D eigenvalue weighted by atomic mass is 9.84. The molecule has 0 spiro atoms. The summed E-state index contributed by atoms with van der Waals surface area (Å²) in [5, 5.41) is 3.77. The van der Waals surface area contributed by atoms with Crippen molar-refractivity contribution in [2.75, 3.05) is 6.54 Å². The van der Waals surface area contributed by atoms with Gasteiger partial charge in [0.1, 0.15) is 5.75 Å². The lowest BCUT2D eigenvalue weighted by molar-refractivity contribution is 0.0653. The Hall–Kier alpha value is -0.880. The van der Waals surface area contributed by atoms with Crippen LogP contribution in [0, 0.1) is 24.7 Å². The minimum atomic E-state index is -3.26. The molecular formula is C14H20N2O3S. The van der Waals surface area contributed by atoms with Gasteiger partial charge in [0.05, 0.1) is 5.69 Å². The molecule has 0 aromatic carbocycles. The Morgan fingerprint density at radius 2 is 2.00 bits per heavy atom. The third-order valence-corrected chi connectivity index (χ3v) is 6.61.